The number of hydrogen-bond donors (Lipinski definition) is 0. The van der Waals surface area contributed by atoms with Crippen LogP contribution in [0.15, 0.2) is 98.9 Å². The molecule has 5 unspecified atom stereocenters. The van der Waals surface area contributed by atoms with E-state index in [9.17, 15) is 52.8 Å². The lowest BCUT2D eigenvalue weighted by Gasteiger charge is -1.96. The summed E-state index contributed by atoms with van der Waals surface area (Å²) < 4.78 is 166. The number of fused-ring (bicyclic) bond motifs is 1. The fourth-order valence-corrected chi connectivity index (χ4v) is 9.81. The van der Waals surface area contributed by atoms with Crippen molar-refractivity contribution in [3.05, 3.63) is 122 Å². The summed E-state index contributed by atoms with van der Waals surface area (Å²) in [5.41, 5.74) is 1.43. The molecule has 6 heterocycles. The van der Waals surface area contributed by atoms with Gasteiger partial charge in [0.05, 0.1) is 41.7 Å². The standard InChI is InChI=1S/C10H12FN2OS.C8H14FN2O2S.2C6H10FN2OS.C5H8FN2OS.C4H5FN2OS.2CH4/c1-8-12(2)9-6-4-5-7-10(9)13(8)15(3,11)14;1-3-4-5-8-10(2)6-7-11(8)14(9,12)13;2*1-6-8(2)4-5-9(6)11(3,7)10;1-7-3-4-8(5-7)10(2,6)9;1-9(5,8)7-3-2-6-4-7;;/h4-7H,3H2,1-2H3;6-7H,3-5H2,1-2H3;2*4-5H,3H2,1-2H3;3-5H,2H2,1H3;2-4H,1H2;2*1H4/q5*+1;;;. The van der Waals surface area contributed by atoms with Gasteiger partial charge in [0.25, 0.3) is 70.0 Å². The van der Waals surface area contributed by atoms with Crippen molar-refractivity contribution in [1.29, 1.82) is 0 Å². The molecule has 0 radical (unpaired) electrons. The number of para-hydroxylation sites is 2. The molecule has 5 atom stereocenters. The molecule has 0 aliphatic heterocycles. The number of aromatic nitrogens is 12. The summed E-state index contributed by atoms with van der Waals surface area (Å²) >= 11 is 0. The van der Waals surface area contributed by atoms with Gasteiger partial charge in [-0.25, -0.2) is 36.0 Å². The van der Waals surface area contributed by atoms with Gasteiger partial charge in [-0.3, -0.25) is 0 Å². The van der Waals surface area contributed by atoms with Crippen molar-refractivity contribution >= 4 is 101 Å². The van der Waals surface area contributed by atoms with Gasteiger partial charge in [-0.05, 0) is 18.6 Å². The van der Waals surface area contributed by atoms with Gasteiger partial charge in [0.15, 0.2) is 11.0 Å². The van der Waals surface area contributed by atoms with Gasteiger partial charge in [-0.2, -0.15) is 25.3 Å². The molecular weight excluding hydrogens is 1080 g/mol. The third-order valence-electron chi connectivity index (χ3n) is 9.54. The van der Waals surface area contributed by atoms with Crippen LogP contribution >= 0.6 is 0 Å². The molecule has 0 amide bonds. The van der Waals surface area contributed by atoms with Gasteiger partial charge in [-0.1, -0.05) is 48.2 Å². The van der Waals surface area contributed by atoms with Crippen molar-refractivity contribution in [2.24, 2.45) is 35.2 Å². The van der Waals surface area contributed by atoms with Crippen molar-refractivity contribution in [2.45, 2.75) is 61.8 Å². The summed E-state index contributed by atoms with van der Waals surface area (Å²) in [7, 11) is -14.1. The molecule has 0 bridgehead atoms. The van der Waals surface area contributed by atoms with E-state index >= 15 is 0 Å². The van der Waals surface area contributed by atoms with E-state index in [0.29, 0.717) is 39.2 Å². The van der Waals surface area contributed by atoms with E-state index in [2.05, 4.69) is 34.3 Å². The first kappa shape index (κ1) is 66.4. The second-order valence-corrected chi connectivity index (χ2v) is 23.6. The summed E-state index contributed by atoms with van der Waals surface area (Å²) in [4.78, 5) is 3.49. The maximum atomic E-state index is 13.5. The molecule has 0 N–H and O–H groups in total. The first-order valence-electron chi connectivity index (χ1n) is 19.8. The van der Waals surface area contributed by atoms with Crippen LogP contribution < -0.4 is 22.8 Å². The highest BCUT2D eigenvalue weighted by Crippen LogP contribution is 2.16. The lowest BCUT2D eigenvalue weighted by molar-refractivity contribution is -0.678. The maximum Gasteiger partial charge on any atom is 0.480 e. The fraction of sp³-hybridized carbons (Fsp3) is 0.341. The van der Waals surface area contributed by atoms with Crippen LogP contribution in [0.3, 0.4) is 0 Å². The lowest BCUT2D eigenvalue weighted by atomic mass is 10.2. The van der Waals surface area contributed by atoms with Crippen LogP contribution in [0, 0.1) is 20.8 Å². The van der Waals surface area contributed by atoms with Gasteiger partial charge < -0.3 is 0 Å². The van der Waals surface area contributed by atoms with E-state index in [1.807, 2.05) is 19.1 Å². The number of halogens is 6. The van der Waals surface area contributed by atoms with Gasteiger partial charge in [0.1, 0.15) is 55.9 Å². The molecule has 406 valence electrons. The second-order valence-electron chi connectivity index (χ2n) is 14.8. The van der Waals surface area contributed by atoms with E-state index in [0.717, 1.165) is 44.5 Å². The highest BCUT2D eigenvalue weighted by Gasteiger charge is 2.26. The molecule has 31 heteroatoms. The summed E-state index contributed by atoms with van der Waals surface area (Å²) in [6, 6.07) is 7.22. The smallest absolute Gasteiger partial charge is 0.244 e. The zero-order chi connectivity index (χ0) is 54.0. The van der Waals surface area contributed by atoms with Gasteiger partial charge >= 0.3 is 10.4 Å². The Morgan fingerprint density at radius 1 is 0.569 bits per heavy atom. The quantitative estimate of drug-likeness (QED) is 0.0916. The minimum absolute atomic E-state index is 0. The van der Waals surface area contributed by atoms with Crippen LogP contribution in [0.1, 0.15) is 57.9 Å². The predicted octanol–water partition coefficient (Wildman–Crippen LogP) is 3.02. The first-order valence-corrected chi connectivity index (χ1v) is 29.0. The Morgan fingerprint density at radius 2 is 1.03 bits per heavy atom. The van der Waals surface area contributed by atoms with Crippen molar-refractivity contribution in [1.82, 2.24) is 28.8 Å². The molecule has 1 aromatic carbocycles. The summed E-state index contributed by atoms with van der Waals surface area (Å²) in [5.74, 6) is 16.8. The molecule has 0 fully saturated rings. The number of rotatable bonds is 9. The second kappa shape index (κ2) is 26.4. The Balaban J connectivity index is 0.000000843. The first-order chi connectivity index (χ1) is 31.8. The number of nitrogens with zero attached hydrogens (tertiary/aromatic N) is 12. The third kappa shape index (κ3) is 19.1. The fourth-order valence-electron chi connectivity index (χ4n) is 5.69. The van der Waals surface area contributed by atoms with Crippen molar-refractivity contribution in [3.8, 4) is 0 Å². The molecule has 0 saturated carbocycles. The molecule has 19 nitrogen and oxygen atoms in total. The van der Waals surface area contributed by atoms with E-state index in [1.54, 1.807) is 110 Å². The predicted molar refractivity (Wildman–Crippen MR) is 278 cm³/mol. The minimum Gasteiger partial charge on any atom is -0.244 e. The summed E-state index contributed by atoms with van der Waals surface area (Å²) in [5, 5.41) is 0. The van der Waals surface area contributed by atoms with E-state index in [-0.39, 0.29) is 14.9 Å². The van der Waals surface area contributed by atoms with E-state index in [4.69, 9.17) is 0 Å². The molecular formula is C41H67F6N12O7S6+5. The highest BCUT2D eigenvalue weighted by molar-refractivity contribution is 7.95. The SMILES string of the molecule is C.C.C=S(=O)(F)n1c(C)[n+](C)c2ccccc21.C=S(=O)(F)n1cc[n+](C)c1.C=S(=O)(F)n1cc[n+](C)c1C.C=S(=O)(F)n1cc[n+](C)c1C.C=S(=O)(F)n1ccnc1.CCCCc1n(S(=O)(=O)F)cc[n+]1C. The van der Waals surface area contributed by atoms with Gasteiger partial charge in [0, 0.05) is 62.5 Å². The Labute approximate surface area is 422 Å². The van der Waals surface area contributed by atoms with Crippen molar-refractivity contribution in [3.63, 3.8) is 0 Å². The van der Waals surface area contributed by atoms with Crippen LogP contribution in [0.4, 0.5) is 23.3 Å². The molecule has 7 aromatic rings. The molecule has 0 saturated heterocycles. The van der Waals surface area contributed by atoms with Crippen LogP contribution in [-0.2, 0) is 103 Å². The minimum atomic E-state index is -4.65. The summed E-state index contributed by atoms with van der Waals surface area (Å²) in [6.45, 7) is 7.05. The number of benzene rings is 1. The Morgan fingerprint density at radius 3 is 1.33 bits per heavy atom. The van der Waals surface area contributed by atoms with E-state index in [1.165, 1.54) is 49.7 Å². The normalized spacial score (nSPS) is 14.9. The maximum absolute atomic E-state index is 13.5. The Hall–Kier alpha value is -5.63. The molecule has 0 spiro atoms. The molecule has 7 rings (SSSR count). The number of hydrogen-bond acceptors (Lipinski definition) is 8. The molecule has 72 heavy (non-hydrogen) atoms. The topological polar surface area (TPSA) is 181 Å². The van der Waals surface area contributed by atoms with E-state index < -0.39 is 60.9 Å². The third-order valence-corrected chi connectivity index (χ3v) is 15.0. The Kier molecular flexibility index (Phi) is 24.3. The average Bonchev–Trinajstić information content (AvgIpc) is 4.09. The van der Waals surface area contributed by atoms with Crippen LogP contribution in [0.5, 0.6) is 0 Å². The average molecular weight is 1150 g/mol. The number of imidazole rings is 6. The lowest BCUT2D eigenvalue weighted by Crippen LogP contribution is -2.32. The molecule has 0 aliphatic rings. The molecule has 0 aliphatic carbocycles. The van der Waals surface area contributed by atoms with Gasteiger partial charge in [0.2, 0.25) is 10.1 Å². The largest absolute Gasteiger partial charge is 0.480 e. The highest BCUT2D eigenvalue weighted by atomic mass is 32.3. The summed E-state index contributed by atoms with van der Waals surface area (Å²) in [6.07, 6.45) is 19.2. The number of aryl methyl sites for hydroxylation is 5. The van der Waals surface area contributed by atoms with Crippen LogP contribution in [0.25, 0.3) is 11.0 Å². The van der Waals surface area contributed by atoms with Crippen LogP contribution in [0.2, 0.25) is 0 Å². The zero-order valence-corrected chi connectivity index (χ0v) is 44.7. The number of unbranched alkanes of at least 4 members (excludes halogenated alkanes) is 1. The van der Waals surface area contributed by atoms with Crippen LogP contribution in [-0.4, -0.2) is 87.6 Å². The molecule has 6 aromatic heterocycles. The van der Waals surface area contributed by atoms with Crippen molar-refractivity contribution in [2.75, 3.05) is 0 Å². The monoisotopic (exact) mass is 1150 g/mol. The Bertz CT molecular complexity index is 3510. The van der Waals surface area contributed by atoms with Crippen molar-refractivity contribution < 1.29 is 75.6 Å². The van der Waals surface area contributed by atoms with Gasteiger partial charge in [-0.15, -0.1) is 35.3 Å². The zero-order valence-electron chi connectivity index (χ0n) is 39.8.